The molecule has 3 aliphatic rings. The van der Waals surface area contributed by atoms with E-state index in [1.807, 2.05) is 12.2 Å². The van der Waals surface area contributed by atoms with Crippen LogP contribution in [0.2, 0.25) is 0 Å². The summed E-state index contributed by atoms with van der Waals surface area (Å²) < 4.78 is 0. The highest BCUT2D eigenvalue weighted by Crippen LogP contribution is 2.52. The van der Waals surface area contributed by atoms with E-state index in [1.54, 1.807) is 0 Å². The van der Waals surface area contributed by atoms with Gasteiger partial charge in [-0.15, -0.1) is 0 Å². The van der Waals surface area contributed by atoms with Crippen LogP contribution >= 0.6 is 0 Å². The lowest BCUT2D eigenvalue weighted by Crippen LogP contribution is -2.42. The number of nitrogens with zero attached hydrogens (tertiary/aromatic N) is 1. The summed E-state index contributed by atoms with van der Waals surface area (Å²) in [5, 5.41) is 11.2. The minimum absolute atomic E-state index is 0.129. The molecule has 2 aliphatic carbocycles. The summed E-state index contributed by atoms with van der Waals surface area (Å²) in [4.78, 5) is 48.3. The lowest BCUT2D eigenvalue weighted by atomic mass is 9.85. The van der Waals surface area contributed by atoms with Crippen molar-refractivity contribution in [2.45, 2.75) is 32.1 Å². The summed E-state index contributed by atoms with van der Waals surface area (Å²) in [5.74, 6) is -1.81. The van der Waals surface area contributed by atoms with Crippen LogP contribution in [0.15, 0.2) is 12.2 Å². The normalized spacial score (nSPS) is 30.1. The van der Waals surface area contributed by atoms with Gasteiger partial charge in [0, 0.05) is 13.0 Å². The van der Waals surface area contributed by atoms with E-state index in [0.29, 0.717) is 25.8 Å². The molecule has 24 heavy (non-hydrogen) atoms. The van der Waals surface area contributed by atoms with Crippen LogP contribution in [0.5, 0.6) is 0 Å². The van der Waals surface area contributed by atoms with Gasteiger partial charge in [0.05, 0.1) is 11.8 Å². The molecular weight excluding hydrogens is 312 g/mol. The number of carboxylic acid groups (broad SMARTS) is 1. The molecule has 4 atom stereocenters. The fourth-order valence-corrected chi connectivity index (χ4v) is 4.13. The smallest absolute Gasteiger partial charge is 0.303 e. The monoisotopic (exact) mass is 334 g/mol. The van der Waals surface area contributed by atoms with Crippen LogP contribution < -0.4 is 5.32 Å². The molecule has 0 aromatic rings. The average Bonchev–Trinajstić information content (AvgIpc) is 3.20. The molecule has 1 saturated carbocycles. The summed E-state index contributed by atoms with van der Waals surface area (Å²) in [6.07, 6.45) is 7.03. The van der Waals surface area contributed by atoms with Crippen LogP contribution in [0.1, 0.15) is 32.1 Å². The molecule has 1 saturated heterocycles. The molecule has 0 spiro atoms. The third-order valence-corrected chi connectivity index (χ3v) is 5.25. The molecule has 7 heteroatoms. The molecule has 4 unspecified atom stereocenters. The quantitative estimate of drug-likeness (QED) is 0.383. The maximum Gasteiger partial charge on any atom is 0.303 e. The number of hydrogen-bond acceptors (Lipinski definition) is 4. The van der Waals surface area contributed by atoms with Crippen LogP contribution in [0.3, 0.4) is 0 Å². The zero-order valence-corrected chi connectivity index (χ0v) is 13.4. The van der Waals surface area contributed by atoms with Crippen molar-refractivity contribution in [2.24, 2.45) is 23.7 Å². The van der Waals surface area contributed by atoms with E-state index in [2.05, 4.69) is 5.32 Å². The molecule has 0 aromatic heterocycles. The Labute approximate surface area is 140 Å². The van der Waals surface area contributed by atoms with E-state index in [9.17, 15) is 19.2 Å². The van der Waals surface area contributed by atoms with Crippen LogP contribution in [0.25, 0.3) is 0 Å². The Kier molecular flexibility index (Phi) is 4.69. The van der Waals surface area contributed by atoms with E-state index >= 15 is 0 Å². The Hall–Kier alpha value is -2.18. The van der Waals surface area contributed by atoms with Crippen LogP contribution in [-0.2, 0) is 19.2 Å². The average molecular weight is 334 g/mol. The molecule has 2 N–H and O–H groups in total. The lowest BCUT2D eigenvalue weighted by Gasteiger charge is -2.16. The first-order valence-electron chi connectivity index (χ1n) is 8.51. The minimum Gasteiger partial charge on any atom is -0.481 e. The third-order valence-electron chi connectivity index (χ3n) is 5.25. The maximum absolute atomic E-state index is 12.4. The van der Waals surface area contributed by atoms with Crippen molar-refractivity contribution in [1.29, 1.82) is 0 Å². The first kappa shape index (κ1) is 16.7. The van der Waals surface area contributed by atoms with Gasteiger partial charge >= 0.3 is 5.97 Å². The maximum atomic E-state index is 12.4. The Balaban J connectivity index is 1.42. The molecule has 3 amide bonds. The van der Waals surface area contributed by atoms with Gasteiger partial charge < -0.3 is 10.4 Å². The van der Waals surface area contributed by atoms with Gasteiger partial charge in [-0.25, -0.2) is 0 Å². The number of amides is 3. The molecule has 2 fully saturated rings. The van der Waals surface area contributed by atoms with Gasteiger partial charge in [-0.1, -0.05) is 18.6 Å². The second-order valence-corrected chi connectivity index (χ2v) is 6.82. The minimum atomic E-state index is -0.820. The van der Waals surface area contributed by atoms with Crippen molar-refractivity contribution >= 4 is 23.7 Å². The standard InChI is InChI=1S/C17H22N2O5/c20-12(18-7-3-1-2-4-13(21)22)9-19-16(23)14-10-5-6-11(8-10)15(14)17(19)24/h5-6,10-11,14-15H,1-4,7-9H2,(H,18,20)(H,21,22). The number of carbonyl (C=O) groups excluding carboxylic acids is 3. The third kappa shape index (κ3) is 3.07. The number of nitrogens with one attached hydrogen (secondary N) is 1. The Morgan fingerprint density at radius 2 is 1.71 bits per heavy atom. The molecular formula is C17H22N2O5. The SMILES string of the molecule is O=C(O)CCCCCNC(=O)CN1C(=O)C2C3C=CC(C3)C2C1=O. The van der Waals surface area contributed by atoms with Crippen molar-refractivity contribution in [2.75, 3.05) is 13.1 Å². The highest BCUT2D eigenvalue weighted by Gasteiger charge is 2.59. The molecule has 1 heterocycles. The van der Waals surface area contributed by atoms with Crippen LogP contribution in [0, 0.1) is 23.7 Å². The van der Waals surface area contributed by atoms with Gasteiger partial charge in [0.15, 0.2) is 0 Å². The Morgan fingerprint density at radius 1 is 1.08 bits per heavy atom. The molecule has 7 nitrogen and oxygen atoms in total. The zero-order chi connectivity index (χ0) is 17.3. The predicted molar refractivity (Wildman–Crippen MR) is 83.6 cm³/mol. The fourth-order valence-electron chi connectivity index (χ4n) is 4.13. The number of carbonyl (C=O) groups is 4. The van der Waals surface area contributed by atoms with Gasteiger partial charge in [0.25, 0.3) is 0 Å². The van der Waals surface area contributed by atoms with Gasteiger partial charge in [0.1, 0.15) is 6.54 Å². The predicted octanol–water partition coefficient (Wildman–Crippen LogP) is 0.555. The Morgan fingerprint density at radius 3 is 2.29 bits per heavy atom. The second-order valence-electron chi connectivity index (χ2n) is 6.82. The number of allylic oxidation sites excluding steroid dienone is 2. The summed E-state index contributed by atoms with van der Waals surface area (Å²) in [6.45, 7) is 0.216. The van der Waals surface area contributed by atoms with Gasteiger partial charge in [-0.2, -0.15) is 0 Å². The van der Waals surface area contributed by atoms with Crippen molar-refractivity contribution in [3.05, 3.63) is 12.2 Å². The second kappa shape index (κ2) is 6.75. The summed E-state index contributed by atoms with van der Waals surface area (Å²) in [7, 11) is 0. The topological polar surface area (TPSA) is 104 Å². The molecule has 0 aromatic carbocycles. The van der Waals surface area contributed by atoms with Crippen LogP contribution in [-0.4, -0.2) is 46.8 Å². The van der Waals surface area contributed by atoms with E-state index in [1.165, 1.54) is 0 Å². The van der Waals surface area contributed by atoms with Crippen molar-refractivity contribution in [3.63, 3.8) is 0 Å². The van der Waals surface area contributed by atoms with E-state index in [0.717, 1.165) is 11.3 Å². The molecule has 1 aliphatic heterocycles. The number of fused-ring (bicyclic) bond motifs is 5. The molecule has 0 radical (unpaired) electrons. The first-order valence-corrected chi connectivity index (χ1v) is 8.51. The van der Waals surface area contributed by atoms with Gasteiger partial charge in [-0.05, 0) is 31.1 Å². The molecule has 2 bridgehead atoms. The van der Waals surface area contributed by atoms with Crippen molar-refractivity contribution in [1.82, 2.24) is 10.2 Å². The van der Waals surface area contributed by atoms with E-state index in [4.69, 9.17) is 5.11 Å². The number of aliphatic carboxylic acids is 1. The molecule has 130 valence electrons. The van der Waals surface area contributed by atoms with E-state index < -0.39 is 5.97 Å². The number of hydrogen-bond donors (Lipinski definition) is 2. The number of imide groups is 1. The number of rotatable bonds is 8. The van der Waals surface area contributed by atoms with Crippen LogP contribution in [0.4, 0.5) is 0 Å². The van der Waals surface area contributed by atoms with Crippen molar-refractivity contribution in [3.8, 4) is 0 Å². The summed E-state index contributed by atoms with van der Waals surface area (Å²) in [5.41, 5.74) is 0. The lowest BCUT2D eigenvalue weighted by molar-refractivity contribution is -0.144. The Bertz CT molecular complexity index is 570. The number of carboxylic acids is 1. The highest BCUT2D eigenvalue weighted by molar-refractivity contribution is 6.08. The van der Waals surface area contributed by atoms with E-state index in [-0.39, 0.29) is 54.4 Å². The number of likely N-dealkylation sites (tertiary alicyclic amines) is 1. The summed E-state index contributed by atoms with van der Waals surface area (Å²) in [6, 6.07) is 0. The van der Waals surface area contributed by atoms with Gasteiger partial charge in [-0.3, -0.25) is 24.1 Å². The fraction of sp³-hybridized carbons (Fsp3) is 0.647. The van der Waals surface area contributed by atoms with Crippen molar-refractivity contribution < 1.29 is 24.3 Å². The molecule has 3 rings (SSSR count). The summed E-state index contributed by atoms with van der Waals surface area (Å²) >= 11 is 0. The zero-order valence-electron chi connectivity index (χ0n) is 13.4. The largest absolute Gasteiger partial charge is 0.481 e. The number of unbranched alkanes of at least 4 members (excludes halogenated alkanes) is 2. The first-order chi connectivity index (χ1) is 11.5. The van der Waals surface area contributed by atoms with Gasteiger partial charge in [0.2, 0.25) is 17.7 Å². The highest BCUT2D eigenvalue weighted by atomic mass is 16.4.